The lowest BCUT2D eigenvalue weighted by atomic mass is 10.1. The number of sulfonamides is 1. The molecule has 1 heterocycles. The van der Waals surface area contributed by atoms with E-state index >= 15 is 0 Å². The number of anilines is 3. The van der Waals surface area contributed by atoms with E-state index in [0.29, 0.717) is 36.4 Å². The van der Waals surface area contributed by atoms with Gasteiger partial charge in [-0.05, 0) is 61.1 Å². The first-order chi connectivity index (χ1) is 12.9. The van der Waals surface area contributed by atoms with Gasteiger partial charge in [0.15, 0.2) is 0 Å². The van der Waals surface area contributed by atoms with Crippen molar-refractivity contribution >= 4 is 44.9 Å². The zero-order valence-electron chi connectivity index (χ0n) is 15.4. The number of carbonyl (C=O) groups is 1. The molecule has 2 aromatic carbocycles. The van der Waals surface area contributed by atoms with Crippen LogP contribution in [0.4, 0.5) is 21.9 Å². The third kappa shape index (κ3) is 4.56. The van der Waals surface area contributed by atoms with Gasteiger partial charge in [0.1, 0.15) is 0 Å². The fourth-order valence-corrected chi connectivity index (χ4v) is 5.04. The molecule has 0 aromatic heterocycles. The lowest BCUT2D eigenvalue weighted by Crippen LogP contribution is -2.31. The van der Waals surface area contributed by atoms with Crippen LogP contribution in [0.5, 0.6) is 0 Å². The molecule has 27 heavy (non-hydrogen) atoms. The molecule has 2 N–H and O–H groups in total. The summed E-state index contributed by atoms with van der Waals surface area (Å²) in [6.45, 7) is 2.30. The van der Waals surface area contributed by atoms with Gasteiger partial charge in [0.05, 0.1) is 11.4 Å². The molecule has 2 amide bonds. The van der Waals surface area contributed by atoms with Gasteiger partial charge in [-0.15, -0.1) is 11.8 Å². The summed E-state index contributed by atoms with van der Waals surface area (Å²) < 4.78 is 26.3. The van der Waals surface area contributed by atoms with E-state index in [1.807, 2.05) is 43.5 Å². The number of thioether (sulfide) groups is 1. The number of rotatable bonds is 6. The molecule has 6 nitrogen and oxygen atoms in total. The Balaban J connectivity index is 1.72. The highest BCUT2D eigenvalue weighted by molar-refractivity contribution is 7.98. The zero-order valence-corrected chi connectivity index (χ0v) is 17.0. The Morgan fingerprint density at radius 3 is 2.44 bits per heavy atom. The molecule has 0 bridgehead atoms. The molecular weight excluding hydrogens is 382 g/mol. The molecule has 2 aromatic rings. The van der Waals surface area contributed by atoms with Crippen molar-refractivity contribution in [2.24, 2.45) is 0 Å². The highest BCUT2D eigenvalue weighted by atomic mass is 32.2. The molecule has 0 spiro atoms. The average molecular weight is 406 g/mol. The van der Waals surface area contributed by atoms with Crippen LogP contribution in [-0.2, 0) is 16.4 Å². The Hall–Kier alpha value is -2.19. The SMILES string of the molecule is CCCS(=O)(=O)N1CCc2ccc(NC(=O)Nc3ccc(SC)cc3)cc21. The second kappa shape index (κ2) is 8.22. The number of carbonyl (C=O) groups excluding carboxylic acids is 1. The van der Waals surface area contributed by atoms with Gasteiger partial charge in [0, 0.05) is 22.8 Å². The zero-order chi connectivity index (χ0) is 19.4. The fraction of sp³-hybridized carbons (Fsp3) is 0.316. The van der Waals surface area contributed by atoms with Crippen LogP contribution in [0, 0.1) is 0 Å². The van der Waals surface area contributed by atoms with Crippen LogP contribution in [-0.4, -0.2) is 33.0 Å². The minimum absolute atomic E-state index is 0.122. The van der Waals surface area contributed by atoms with Crippen molar-refractivity contribution < 1.29 is 13.2 Å². The van der Waals surface area contributed by atoms with Crippen LogP contribution < -0.4 is 14.9 Å². The van der Waals surface area contributed by atoms with Crippen molar-refractivity contribution in [3.8, 4) is 0 Å². The number of benzene rings is 2. The summed E-state index contributed by atoms with van der Waals surface area (Å²) >= 11 is 1.63. The van der Waals surface area contributed by atoms with E-state index in [1.54, 1.807) is 23.9 Å². The van der Waals surface area contributed by atoms with Crippen LogP contribution in [0.25, 0.3) is 0 Å². The van der Waals surface area contributed by atoms with Gasteiger partial charge in [-0.3, -0.25) is 4.31 Å². The van der Waals surface area contributed by atoms with Gasteiger partial charge in [0.25, 0.3) is 0 Å². The topological polar surface area (TPSA) is 78.5 Å². The summed E-state index contributed by atoms with van der Waals surface area (Å²) in [4.78, 5) is 13.4. The van der Waals surface area contributed by atoms with Crippen LogP contribution >= 0.6 is 11.8 Å². The predicted molar refractivity (Wildman–Crippen MR) is 112 cm³/mol. The number of nitrogens with zero attached hydrogens (tertiary/aromatic N) is 1. The molecule has 1 aliphatic rings. The first kappa shape index (κ1) is 19.6. The Kier molecular flexibility index (Phi) is 5.96. The van der Waals surface area contributed by atoms with E-state index in [0.717, 1.165) is 10.5 Å². The van der Waals surface area contributed by atoms with Crippen molar-refractivity contribution in [3.05, 3.63) is 48.0 Å². The number of nitrogens with one attached hydrogen (secondary N) is 2. The van der Waals surface area contributed by atoms with Crippen molar-refractivity contribution in [2.45, 2.75) is 24.7 Å². The maximum Gasteiger partial charge on any atom is 0.323 e. The minimum atomic E-state index is -3.32. The van der Waals surface area contributed by atoms with Gasteiger partial charge in [-0.1, -0.05) is 13.0 Å². The molecule has 8 heteroatoms. The monoisotopic (exact) mass is 405 g/mol. The molecule has 1 aliphatic heterocycles. The summed E-state index contributed by atoms with van der Waals surface area (Å²) in [6, 6.07) is 12.6. The summed E-state index contributed by atoms with van der Waals surface area (Å²) in [5, 5.41) is 5.56. The van der Waals surface area contributed by atoms with E-state index in [9.17, 15) is 13.2 Å². The first-order valence-electron chi connectivity index (χ1n) is 8.78. The first-order valence-corrected chi connectivity index (χ1v) is 11.6. The van der Waals surface area contributed by atoms with E-state index in [4.69, 9.17) is 0 Å². The molecule has 0 fully saturated rings. The average Bonchev–Trinajstić information content (AvgIpc) is 3.06. The Bertz CT molecular complexity index is 928. The van der Waals surface area contributed by atoms with Crippen LogP contribution in [0.3, 0.4) is 0 Å². The maximum atomic E-state index is 12.4. The third-order valence-electron chi connectivity index (χ3n) is 4.34. The summed E-state index contributed by atoms with van der Waals surface area (Å²) in [5.41, 5.74) is 2.89. The van der Waals surface area contributed by atoms with Gasteiger partial charge in [-0.25, -0.2) is 13.2 Å². The molecule has 3 rings (SSSR count). The summed E-state index contributed by atoms with van der Waals surface area (Å²) in [6.07, 6.45) is 3.25. The smallest absolute Gasteiger partial charge is 0.308 e. The van der Waals surface area contributed by atoms with Crippen molar-refractivity contribution in [1.29, 1.82) is 0 Å². The van der Waals surface area contributed by atoms with E-state index in [-0.39, 0.29) is 11.8 Å². The fourth-order valence-electron chi connectivity index (χ4n) is 3.05. The third-order valence-corrected chi connectivity index (χ3v) is 7.06. The standard InChI is InChI=1S/C19H23N3O3S2/c1-3-12-27(24,25)22-11-10-14-4-5-16(13-18(14)22)21-19(23)20-15-6-8-17(26-2)9-7-15/h4-9,13H,3,10-12H2,1-2H3,(H2,20,21,23). The molecule has 0 saturated heterocycles. The molecule has 0 saturated carbocycles. The van der Waals surface area contributed by atoms with Gasteiger partial charge in [0.2, 0.25) is 10.0 Å². The van der Waals surface area contributed by atoms with E-state index < -0.39 is 10.0 Å². The van der Waals surface area contributed by atoms with Crippen LogP contribution in [0.15, 0.2) is 47.4 Å². The molecule has 0 aliphatic carbocycles. The number of hydrogen-bond acceptors (Lipinski definition) is 4. The number of fused-ring (bicyclic) bond motifs is 1. The normalized spacial score (nSPS) is 13.3. The quantitative estimate of drug-likeness (QED) is 0.708. The Morgan fingerprint density at radius 1 is 1.11 bits per heavy atom. The Labute approximate surface area is 164 Å². The second-order valence-electron chi connectivity index (χ2n) is 6.29. The van der Waals surface area contributed by atoms with Crippen LogP contribution in [0.2, 0.25) is 0 Å². The summed E-state index contributed by atoms with van der Waals surface area (Å²) in [5.74, 6) is 0.122. The van der Waals surface area contributed by atoms with Gasteiger partial charge in [-0.2, -0.15) is 0 Å². The molecule has 0 atom stereocenters. The van der Waals surface area contributed by atoms with E-state index in [1.165, 1.54) is 4.31 Å². The largest absolute Gasteiger partial charge is 0.323 e. The molecule has 0 radical (unpaired) electrons. The number of hydrogen-bond donors (Lipinski definition) is 2. The van der Waals surface area contributed by atoms with Crippen molar-refractivity contribution in [2.75, 3.05) is 33.5 Å². The number of amides is 2. The minimum Gasteiger partial charge on any atom is -0.308 e. The Morgan fingerprint density at radius 2 is 1.78 bits per heavy atom. The van der Waals surface area contributed by atoms with Gasteiger partial charge < -0.3 is 10.6 Å². The molecular formula is C19H23N3O3S2. The lowest BCUT2D eigenvalue weighted by Gasteiger charge is -2.19. The predicted octanol–water partition coefficient (Wildman–Crippen LogP) is 4.15. The lowest BCUT2D eigenvalue weighted by molar-refractivity contribution is 0.262. The highest BCUT2D eigenvalue weighted by Gasteiger charge is 2.28. The van der Waals surface area contributed by atoms with Gasteiger partial charge >= 0.3 is 6.03 Å². The highest BCUT2D eigenvalue weighted by Crippen LogP contribution is 2.33. The number of urea groups is 1. The molecule has 0 unspecified atom stereocenters. The summed E-state index contributed by atoms with van der Waals surface area (Å²) in [7, 11) is -3.32. The molecule has 144 valence electrons. The van der Waals surface area contributed by atoms with E-state index in [2.05, 4.69) is 10.6 Å². The second-order valence-corrected chi connectivity index (χ2v) is 9.18. The van der Waals surface area contributed by atoms with Crippen molar-refractivity contribution in [3.63, 3.8) is 0 Å². The maximum absolute atomic E-state index is 12.4. The van der Waals surface area contributed by atoms with Crippen LogP contribution in [0.1, 0.15) is 18.9 Å². The van der Waals surface area contributed by atoms with Crippen molar-refractivity contribution in [1.82, 2.24) is 0 Å².